The molecule has 1 saturated carbocycles. The lowest BCUT2D eigenvalue weighted by Gasteiger charge is -2.36. The predicted molar refractivity (Wildman–Crippen MR) is 77.8 cm³/mol. The van der Waals surface area contributed by atoms with Crippen molar-refractivity contribution < 1.29 is 0 Å². The molecule has 5 nitrogen and oxygen atoms in total. The maximum Gasteiger partial charge on any atom is 0.134 e. The van der Waals surface area contributed by atoms with E-state index >= 15 is 0 Å². The molecule has 1 N–H and O–H groups in total. The molecule has 2 aliphatic rings. The molecule has 104 valence electrons. The topological polar surface area (TPSA) is 44.3 Å². The molecule has 2 heterocycles. The molecular formula is C14H23N5. The molecule has 3 rings (SSSR count). The molecule has 0 spiro atoms. The minimum Gasteiger partial charge on any atom is -0.357 e. The second kappa shape index (κ2) is 5.33. The van der Waals surface area contributed by atoms with Gasteiger partial charge in [0.25, 0.3) is 0 Å². The van der Waals surface area contributed by atoms with E-state index in [0.29, 0.717) is 12.1 Å². The van der Waals surface area contributed by atoms with Crippen LogP contribution in [0.4, 0.5) is 11.6 Å². The maximum absolute atomic E-state index is 4.44. The quantitative estimate of drug-likeness (QED) is 0.887. The molecule has 1 atom stereocenters. The molecule has 1 aromatic rings. The van der Waals surface area contributed by atoms with Crippen LogP contribution in [0.1, 0.15) is 26.2 Å². The Labute approximate surface area is 115 Å². The van der Waals surface area contributed by atoms with E-state index in [2.05, 4.69) is 45.1 Å². The van der Waals surface area contributed by atoms with Gasteiger partial charge in [0.15, 0.2) is 0 Å². The Kier molecular flexibility index (Phi) is 3.55. The van der Waals surface area contributed by atoms with Gasteiger partial charge in [-0.2, -0.15) is 0 Å². The van der Waals surface area contributed by atoms with Crippen LogP contribution in [0.3, 0.4) is 0 Å². The SMILES string of the molecule is CC1CN(c2cc(N(C)C3CCC3)ncn2)CCN1. The van der Waals surface area contributed by atoms with Gasteiger partial charge in [0, 0.05) is 44.8 Å². The van der Waals surface area contributed by atoms with E-state index in [1.807, 2.05) is 0 Å². The molecule has 19 heavy (non-hydrogen) atoms. The average molecular weight is 261 g/mol. The van der Waals surface area contributed by atoms with Crippen molar-refractivity contribution in [3.63, 3.8) is 0 Å². The first-order valence-electron chi connectivity index (χ1n) is 7.27. The van der Waals surface area contributed by atoms with Gasteiger partial charge >= 0.3 is 0 Å². The van der Waals surface area contributed by atoms with Gasteiger partial charge in [0.1, 0.15) is 18.0 Å². The number of hydrogen-bond donors (Lipinski definition) is 1. The zero-order valence-corrected chi connectivity index (χ0v) is 11.8. The van der Waals surface area contributed by atoms with Gasteiger partial charge in [-0.15, -0.1) is 0 Å². The van der Waals surface area contributed by atoms with E-state index < -0.39 is 0 Å². The van der Waals surface area contributed by atoms with Crippen LogP contribution in [0.5, 0.6) is 0 Å². The first-order chi connectivity index (χ1) is 9.24. The van der Waals surface area contributed by atoms with Gasteiger partial charge in [0.2, 0.25) is 0 Å². The molecule has 1 aliphatic carbocycles. The van der Waals surface area contributed by atoms with E-state index in [-0.39, 0.29) is 0 Å². The van der Waals surface area contributed by atoms with Crippen molar-refractivity contribution in [3.8, 4) is 0 Å². The third-order valence-electron chi connectivity index (χ3n) is 4.31. The van der Waals surface area contributed by atoms with Crippen LogP contribution in [0, 0.1) is 0 Å². The summed E-state index contributed by atoms with van der Waals surface area (Å²) >= 11 is 0. The van der Waals surface area contributed by atoms with Gasteiger partial charge in [-0.25, -0.2) is 9.97 Å². The van der Waals surface area contributed by atoms with Crippen molar-refractivity contribution >= 4 is 11.6 Å². The number of aromatic nitrogens is 2. The number of nitrogens with one attached hydrogen (secondary N) is 1. The molecule has 1 saturated heterocycles. The smallest absolute Gasteiger partial charge is 0.134 e. The first-order valence-corrected chi connectivity index (χ1v) is 7.27. The molecule has 0 aromatic carbocycles. The highest BCUT2D eigenvalue weighted by molar-refractivity contribution is 5.50. The van der Waals surface area contributed by atoms with Crippen molar-refractivity contribution in [2.75, 3.05) is 36.5 Å². The Morgan fingerprint density at radius 3 is 2.89 bits per heavy atom. The van der Waals surface area contributed by atoms with Crippen LogP contribution in [-0.2, 0) is 0 Å². The monoisotopic (exact) mass is 261 g/mol. The van der Waals surface area contributed by atoms with Crippen molar-refractivity contribution in [2.24, 2.45) is 0 Å². The zero-order valence-electron chi connectivity index (χ0n) is 11.8. The van der Waals surface area contributed by atoms with Crippen LogP contribution in [0.25, 0.3) is 0 Å². The van der Waals surface area contributed by atoms with E-state index in [9.17, 15) is 0 Å². The highest BCUT2D eigenvalue weighted by Gasteiger charge is 2.24. The summed E-state index contributed by atoms with van der Waals surface area (Å²) in [5.41, 5.74) is 0. The summed E-state index contributed by atoms with van der Waals surface area (Å²) in [6.07, 6.45) is 5.63. The van der Waals surface area contributed by atoms with Crippen LogP contribution >= 0.6 is 0 Å². The molecule has 0 radical (unpaired) electrons. The molecule has 5 heteroatoms. The predicted octanol–water partition coefficient (Wildman–Crippen LogP) is 1.26. The second-order valence-corrected chi connectivity index (χ2v) is 5.73. The molecule has 2 fully saturated rings. The second-order valence-electron chi connectivity index (χ2n) is 5.73. The minimum atomic E-state index is 0.525. The highest BCUT2D eigenvalue weighted by atomic mass is 15.3. The summed E-state index contributed by atoms with van der Waals surface area (Å²) in [4.78, 5) is 13.5. The molecule has 1 unspecified atom stereocenters. The van der Waals surface area contributed by atoms with Crippen LogP contribution in [-0.4, -0.2) is 48.7 Å². The summed E-state index contributed by atoms with van der Waals surface area (Å²) in [6, 6.07) is 3.33. The van der Waals surface area contributed by atoms with Crippen molar-refractivity contribution in [1.29, 1.82) is 0 Å². The van der Waals surface area contributed by atoms with Gasteiger partial charge < -0.3 is 15.1 Å². The van der Waals surface area contributed by atoms with Crippen LogP contribution in [0.2, 0.25) is 0 Å². The highest BCUT2D eigenvalue weighted by Crippen LogP contribution is 2.28. The molecule has 1 aromatic heterocycles. The van der Waals surface area contributed by atoms with E-state index in [1.54, 1.807) is 6.33 Å². The lowest BCUT2D eigenvalue weighted by molar-refractivity contribution is 0.399. The number of piperazine rings is 1. The summed E-state index contributed by atoms with van der Waals surface area (Å²) in [5, 5.41) is 3.46. The van der Waals surface area contributed by atoms with Crippen molar-refractivity contribution in [3.05, 3.63) is 12.4 Å². The Balaban J connectivity index is 1.75. The van der Waals surface area contributed by atoms with Crippen LogP contribution in [0.15, 0.2) is 12.4 Å². The Morgan fingerprint density at radius 2 is 2.21 bits per heavy atom. The minimum absolute atomic E-state index is 0.525. The third-order valence-corrected chi connectivity index (χ3v) is 4.31. The molecule has 1 aliphatic heterocycles. The summed E-state index contributed by atoms with van der Waals surface area (Å²) in [7, 11) is 2.15. The van der Waals surface area contributed by atoms with Crippen molar-refractivity contribution in [2.45, 2.75) is 38.3 Å². The standard InChI is InChI=1S/C14H23N5/c1-11-9-19(7-6-15-11)14-8-13(16-10-17-14)18(2)12-4-3-5-12/h8,10-12,15H,3-7,9H2,1-2H3. The normalized spacial score (nSPS) is 24.1. The average Bonchev–Trinajstić information content (AvgIpc) is 2.37. The first kappa shape index (κ1) is 12.7. The third kappa shape index (κ3) is 2.66. The van der Waals surface area contributed by atoms with Gasteiger partial charge in [-0.05, 0) is 26.2 Å². The molecule has 0 bridgehead atoms. The summed E-state index contributed by atoms with van der Waals surface area (Å²) < 4.78 is 0. The lowest BCUT2D eigenvalue weighted by Crippen LogP contribution is -2.49. The number of anilines is 2. The Morgan fingerprint density at radius 1 is 1.37 bits per heavy atom. The Hall–Kier alpha value is -1.36. The zero-order chi connectivity index (χ0) is 13.2. The van der Waals surface area contributed by atoms with E-state index in [1.165, 1.54) is 19.3 Å². The number of hydrogen-bond acceptors (Lipinski definition) is 5. The number of rotatable bonds is 3. The van der Waals surface area contributed by atoms with Crippen molar-refractivity contribution in [1.82, 2.24) is 15.3 Å². The molecule has 0 amide bonds. The summed E-state index contributed by atoms with van der Waals surface area (Å²) in [5.74, 6) is 2.12. The fourth-order valence-electron chi connectivity index (χ4n) is 2.80. The lowest BCUT2D eigenvalue weighted by atomic mass is 9.92. The Bertz CT molecular complexity index is 432. The maximum atomic E-state index is 4.44. The van der Waals surface area contributed by atoms with E-state index in [4.69, 9.17) is 0 Å². The van der Waals surface area contributed by atoms with E-state index in [0.717, 1.165) is 31.3 Å². The largest absolute Gasteiger partial charge is 0.357 e. The molecular weight excluding hydrogens is 238 g/mol. The fraction of sp³-hybridized carbons (Fsp3) is 0.714. The fourth-order valence-corrected chi connectivity index (χ4v) is 2.80. The van der Waals surface area contributed by atoms with Gasteiger partial charge in [-0.1, -0.05) is 0 Å². The van der Waals surface area contributed by atoms with Gasteiger partial charge in [-0.3, -0.25) is 0 Å². The van der Waals surface area contributed by atoms with Crippen LogP contribution < -0.4 is 15.1 Å². The summed E-state index contributed by atoms with van der Waals surface area (Å²) in [6.45, 7) is 5.28. The van der Waals surface area contributed by atoms with Gasteiger partial charge in [0.05, 0.1) is 0 Å². The number of nitrogens with zero attached hydrogens (tertiary/aromatic N) is 4.